The maximum absolute atomic E-state index is 14.0. The van der Waals surface area contributed by atoms with Gasteiger partial charge in [-0.1, -0.05) is 13.3 Å². The van der Waals surface area contributed by atoms with Crippen LogP contribution in [-0.4, -0.2) is 23.1 Å². The predicted octanol–water partition coefficient (Wildman–Crippen LogP) is 4.83. The summed E-state index contributed by atoms with van der Waals surface area (Å²) in [7, 11) is 0. The average molecular weight is 388 g/mol. The third-order valence-corrected chi connectivity index (χ3v) is 4.55. The summed E-state index contributed by atoms with van der Waals surface area (Å²) in [5.41, 5.74) is 6.53. The first-order chi connectivity index (χ1) is 14.2. The van der Waals surface area contributed by atoms with Gasteiger partial charge >= 0.3 is 0 Å². The van der Waals surface area contributed by atoms with E-state index in [9.17, 15) is 4.39 Å². The van der Waals surface area contributed by atoms with Gasteiger partial charge in [0, 0.05) is 29.1 Å². The molecule has 3 aromatic rings. The number of aromatic nitrogens is 1. The zero-order valence-electron chi connectivity index (χ0n) is 16.1. The van der Waals surface area contributed by atoms with E-state index in [2.05, 4.69) is 27.4 Å². The summed E-state index contributed by atoms with van der Waals surface area (Å²) in [6.07, 6.45) is 5.50. The van der Waals surface area contributed by atoms with Gasteiger partial charge in [0.25, 0.3) is 0 Å². The molecule has 0 saturated carbocycles. The van der Waals surface area contributed by atoms with Crippen LogP contribution in [0.1, 0.15) is 36.5 Å². The highest BCUT2D eigenvalue weighted by molar-refractivity contribution is 6.18. The van der Waals surface area contributed by atoms with Gasteiger partial charge in [-0.3, -0.25) is 10.4 Å². The Bertz CT molecular complexity index is 1050. The summed E-state index contributed by atoms with van der Waals surface area (Å²) in [5.74, 6) is 1.02. The molecule has 0 fully saturated rings. The standard InChI is InChI=1S/C23H21FN4O/c1-2-3-13-29-19-9-6-16(7-10-19)22-20-14-18(24)8-11-21(20)26-23(28-27-22)17-5-4-12-25-15-17/h4-12,14-15H,2-3,13H2,1H3,(H,26,28). The van der Waals surface area contributed by atoms with Crippen LogP contribution in [-0.2, 0) is 0 Å². The molecular weight excluding hydrogens is 367 g/mol. The van der Waals surface area contributed by atoms with Crippen molar-refractivity contribution in [3.8, 4) is 5.75 Å². The number of amidine groups is 1. The van der Waals surface area contributed by atoms with Crippen molar-refractivity contribution in [1.29, 1.82) is 0 Å². The Kier molecular flexibility index (Phi) is 5.61. The quantitative estimate of drug-likeness (QED) is 0.615. The molecule has 1 N–H and O–H groups in total. The number of halogens is 1. The lowest BCUT2D eigenvalue weighted by Crippen LogP contribution is -2.19. The minimum Gasteiger partial charge on any atom is -0.494 e. The Labute approximate surface area is 169 Å². The molecule has 0 bridgehead atoms. The minimum atomic E-state index is -0.337. The lowest BCUT2D eigenvalue weighted by Gasteiger charge is -2.10. The minimum absolute atomic E-state index is 0.337. The van der Waals surface area contributed by atoms with Gasteiger partial charge in [-0.15, -0.1) is 0 Å². The number of ether oxygens (including phenoxy) is 1. The number of nitrogens with zero attached hydrogens (tertiary/aromatic N) is 3. The van der Waals surface area contributed by atoms with Gasteiger partial charge in [0.2, 0.25) is 0 Å². The fourth-order valence-electron chi connectivity index (χ4n) is 3.01. The van der Waals surface area contributed by atoms with Crippen LogP contribution in [0.15, 0.2) is 77.1 Å². The van der Waals surface area contributed by atoms with Gasteiger partial charge in [-0.05, 0) is 61.0 Å². The summed E-state index contributed by atoms with van der Waals surface area (Å²) in [6, 6.07) is 15.9. The van der Waals surface area contributed by atoms with E-state index in [0.717, 1.165) is 29.7 Å². The second-order valence-corrected chi connectivity index (χ2v) is 6.66. The van der Waals surface area contributed by atoms with Crippen molar-refractivity contribution in [1.82, 2.24) is 10.4 Å². The van der Waals surface area contributed by atoms with Gasteiger partial charge in [-0.25, -0.2) is 9.38 Å². The molecule has 4 rings (SSSR count). The van der Waals surface area contributed by atoms with Crippen molar-refractivity contribution < 1.29 is 9.13 Å². The molecule has 1 aliphatic rings. The van der Waals surface area contributed by atoms with E-state index in [4.69, 9.17) is 4.74 Å². The molecule has 1 aromatic heterocycles. The maximum atomic E-state index is 14.0. The third-order valence-electron chi connectivity index (χ3n) is 4.55. The Morgan fingerprint density at radius 2 is 1.90 bits per heavy atom. The fraction of sp³-hybridized carbons (Fsp3) is 0.174. The smallest absolute Gasteiger partial charge is 0.155 e. The lowest BCUT2D eigenvalue weighted by molar-refractivity contribution is 0.309. The van der Waals surface area contributed by atoms with Crippen molar-refractivity contribution in [2.24, 2.45) is 10.1 Å². The summed E-state index contributed by atoms with van der Waals surface area (Å²) in [5, 5.41) is 4.54. The average Bonchev–Trinajstić information content (AvgIpc) is 2.95. The highest BCUT2D eigenvalue weighted by Crippen LogP contribution is 2.27. The fourth-order valence-corrected chi connectivity index (χ4v) is 3.01. The van der Waals surface area contributed by atoms with Crippen LogP contribution in [0.5, 0.6) is 5.75 Å². The van der Waals surface area contributed by atoms with Gasteiger partial charge < -0.3 is 4.74 Å². The van der Waals surface area contributed by atoms with E-state index < -0.39 is 0 Å². The molecule has 0 atom stereocenters. The van der Waals surface area contributed by atoms with Crippen LogP contribution < -0.4 is 10.2 Å². The number of benzene rings is 2. The molecule has 0 aliphatic carbocycles. The molecule has 0 amide bonds. The third kappa shape index (κ3) is 4.32. The van der Waals surface area contributed by atoms with Crippen LogP contribution >= 0.6 is 0 Å². The van der Waals surface area contributed by atoms with E-state index in [1.165, 1.54) is 12.1 Å². The van der Waals surface area contributed by atoms with Gasteiger partial charge in [0.15, 0.2) is 5.84 Å². The van der Waals surface area contributed by atoms with E-state index in [0.29, 0.717) is 29.4 Å². The Morgan fingerprint density at radius 3 is 2.66 bits per heavy atom. The Morgan fingerprint density at radius 1 is 1.03 bits per heavy atom. The van der Waals surface area contributed by atoms with Crippen LogP contribution in [0, 0.1) is 5.82 Å². The number of hydrazone groups is 1. The number of unbranched alkanes of at least 4 members (excludes halogenated alkanes) is 1. The molecule has 5 nitrogen and oxygen atoms in total. The summed E-state index contributed by atoms with van der Waals surface area (Å²) < 4.78 is 19.8. The molecule has 29 heavy (non-hydrogen) atoms. The molecule has 0 spiro atoms. The van der Waals surface area contributed by atoms with Crippen LogP contribution in [0.4, 0.5) is 10.1 Å². The van der Waals surface area contributed by atoms with Crippen molar-refractivity contribution in [3.05, 3.63) is 89.5 Å². The van der Waals surface area contributed by atoms with Crippen molar-refractivity contribution >= 4 is 17.2 Å². The van der Waals surface area contributed by atoms with Gasteiger partial charge in [0.05, 0.1) is 12.3 Å². The lowest BCUT2D eigenvalue weighted by atomic mass is 10.0. The highest BCUT2D eigenvalue weighted by Gasteiger charge is 2.18. The Hall–Kier alpha value is -3.54. The van der Waals surface area contributed by atoms with E-state index in [1.54, 1.807) is 18.5 Å². The van der Waals surface area contributed by atoms with E-state index in [1.807, 2.05) is 36.4 Å². The van der Waals surface area contributed by atoms with Crippen LogP contribution in [0.2, 0.25) is 0 Å². The maximum Gasteiger partial charge on any atom is 0.155 e. The predicted molar refractivity (Wildman–Crippen MR) is 112 cm³/mol. The number of aliphatic imine (C=N–C) groups is 1. The SMILES string of the molecule is CCCCOc1ccc(C2=NNC(c3cccnc3)=Nc3ccc(F)cc32)cc1. The van der Waals surface area contributed by atoms with Gasteiger partial charge in [0.1, 0.15) is 17.3 Å². The molecule has 2 aromatic carbocycles. The summed E-state index contributed by atoms with van der Waals surface area (Å²) in [6.45, 7) is 2.82. The van der Waals surface area contributed by atoms with Crippen LogP contribution in [0.3, 0.4) is 0 Å². The zero-order chi connectivity index (χ0) is 20.1. The second kappa shape index (κ2) is 8.65. The second-order valence-electron chi connectivity index (χ2n) is 6.66. The number of hydrogen-bond donors (Lipinski definition) is 1. The van der Waals surface area contributed by atoms with E-state index >= 15 is 0 Å². The topological polar surface area (TPSA) is 58.9 Å². The molecule has 0 saturated heterocycles. The summed E-state index contributed by atoms with van der Waals surface area (Å²) >= 11 is 0. The molecule has 1 aliphatic heterocycles. The normalized spacial score (nSPS) is 12.9. The van der Waals surface area contributed by atoms with Crippen molar-refractivity contribution in [3.63, 3.8) is 0 Å². The monoisotopic (exact) mass is 388 g/mol. The molecule has 146 valence electrons. The number of pyridine rings is 1. The number of nitrogens with one attached hydrogen (secondary N) is 1. The number of fused-ring (bicyclic) bond motifs is 1. The highest BCUT2D eigenvalue weighted by atomic mass is 19.1. The van der Waals surface area contributed by atoms with Crippen LogP contribution in [0.25, 0.3) is 0 Å². The Balaban J connectivity index is 1.70. The van der Waals surface area contributed by atoms with Crippen molar-refractivity contribution in [2.75, 3.05) is 6.61 Å². The first kappa shape index (κ1) is 18.8. The summed E-state index contributed by atoms with van der Waals surface area (Å²) in [4.78, 5) is 8.79. The largest absolute Gasteiger partial charge is 0.494 e. The molecule has 2 heterocycles. The first-order valence-corrected chi connectivity index (χ1v) is 9.60. The van der Waals surface area contributed by atoms with E-state index in [-0.39, 0.29) is 5.82 Å². The molecule has 0 radical (unpaired) electrons. The number of rotatable bonds is 6. The molecule has 0 unspecified atom stereocenters. The zero-order valence-corrected chi connectivity index (χ0v) is 16.1. The number of hydrogen-bond acceptors (Lipinski definition) is 5. The first-order valence-electron chi connectivity index (χ1n) is 9.60. The van der Waals surface area contributed by atoms with Crippen molar-refractivity contribution in [2.45, 2.75) is 19.8 Å². The molecular formula is C23H21FN4O. The molecule has 6 heteroatoms. The van der Waals surface area contributed by atoms with Gasteiger partial charge in [-0.2, -0.15) is 5.10 Å².